The highest BCUT2D eigenvalue weighted by atomic mass is 32.3. The highest BCUT2D eigenvalue weighted by Gasteiger charge is 2.67. The lowest BCUT2D eigenvalue weighted by Crippen LogP contribution is -2.63. The minimum Gasteiger partial charge on any atom is -0.393 e. The second-order valence-electron chi connectivity index (χ2n) is 12.9. The average molecular weight is 635 g/mol. The number of rotatable bonds is 10. The fourth-order valence-corrected chi connectivity index (χ4v) is 10.8. The molecule has 0 aromatic rings. The minimum absolute atomic E-state index is 0.0678. The Kier molecular flexibility index (Phi) is 9.13. The molecule has 4 rings (SSSR count). The van der Waals surface area contributed by atoms with Gasteiger partial charge in [-0.3, -0.25) is 13.7 Å². The molecule has 0 radical (unpaired) electrons. The fraction of sp³-hybridized carbons (Fsp3) is 1.00. The van der Waals surface area contributed by atoms with Crippen molar-refractivity contribution >= 4 is 31.2 Å². The van der Waals surface area contributed by atoms with Crippen LogP contribution in [0.2, 0.25) is 0 Å². The molecule has 0 aliphatic heterocycles. The SMILES string of the molecule is C[C@H](CCCOS(=O)(=O)O)[C@H]1CC[C@H]2[C@@H]3[C@H](OS(=O)(=O)O)C[C@H]4C[C@H](O)CC[C@]4(C)[C@H]3C[C@H](OS(=O)(=O)O)[C@]12C. The lowest BCUT2D eigenvalue weighted by molar-refractivity contribution is -0.197. The summed E-state index contributed by atoms with van der Waals surface area (Å²) < 4.78 is 113. The highest BCUT2D eigenvalue weighted by molar-refractivity contribution is 7.81. The summed E-state index contributed by atoms with van der Waals surface area (Å²) in [5, 5.41) is 10.4. The molecular formula is C24H42O13S3. The van der Waals surface area contributed by atoms with E-state index in [0.717, 1.165) is 0 Å². The monoisotopic (exact) mass is 634 g/mol. The first-order chi connectivity index (χ1) is 18.2. The molecule has 16 heteroatoms. The summed E-state index contributed by atoms with van der Waals surface area (Å²) in [5.41, 5.74) is -1.21. The largest absolute Gasteiger partial charge is 0.397 e. The summed E-state index contributed by atoms with van der Waals surface area (Å²) in [4.78, 5) is 0. The molecular weight excluding hydrogens is 592 g/mol. The maximum Gasteiger partial charge on any atom is 0.397 e. The van der Waals surface area contributed by atoms with Crippen LogP contribution >= 0.6 is 0 Å². The van der Waals surface area contributed by atoms with Gasteiger partial charge in [-0.1, -0.05) is 20.8 Å². The van der Waals surface area contributed by atoms with E-state index < -0.39 is 54.9 Å². The molecule has 4 fully saturated rings. The second-order valence-corrected chi connectivity index (χ2v) is 16.1. The van der Waals surface area contributed by atoms with Crippen LogP contribution in [-0.2, 0) is 43.7 Å². The van der Waals surface area contributed by atoms with E-state index in [1.54, 1.807) is 0 Å². The van der Waals surface area contributed by atoms with E-state index in [2.05, 4.69) is 11.1 Å². The fourth-order valence-electron chi connectivity index (χ4n) is 9.40. The standard InChI is InChI=1S/C24H42O13S3/c1-14(5-4-10-35-38(26,27)28)17-6-7-18-22-19(13-21(24(17,18)3)37-40(32,33)34)23(2)9-8-16(25)11-15(23)12-20(22)36-39(29,30)31/h14-22,25H,4-13H2,1-3H3,(H,26,27,28)(H,29,30,31)(H,32,33,34)/t14-,15-,16-,17-,18+,19+,20-,21+,22+,23+,24-/m1/s1. The Morgan fingerprint density at radius 2 is 1.50 bits per heavy atom. The van der Waals surface area contributed by atoms with E-state index in [0.29, 0.717) is 51.4 Å². The van der Waals surface area contributed by atoms with Crippen LogP contribution in [-0.4, -0.2) is 68.9 Å². The van der Waals surface area contributed by atoms with Gasteiger partial charge >= 0.3 is 31.2 Å². The van der Waals surface area contributed by atoms with Crippen LogP contribution in [0.5, 0.6) is 0 Å². The van der Waals surface area contributed by atoms with Crippen molar-refractivity contribution in [3.05, 3.63) is 0 Å². The number of hydrogen-bond acceptors (Lipinski definition) is 10. The zero-order valence-corrected chi connectivity index (χ0v) is 25.4. The quantitative estimate of drug-likeness (QED) is 0.201. The molecule has 234 valence electrons. The van der Waals surface area contributed by atoms with Gasteiger partial charge in [0, 0.05) is 5.41 Å². The van der Waals surface area contributed by atoms with Gasteiger partial charge in [0.15, 0.2) is 0 Å². The van der Waals surface area contributed by atoms with Crippen molar-refractivity contribution in [3.8, 4) is 0 Å². The Bertz CT molecular complexity index is 1250. The first-order valence-electron chi connectivity index (χ1n) is 13.9. The van der Waals surface area contributed by atoms with Gasteiger partial charge in [-0.25, -0.2) is 12.5 Å². The Balaban J connectivity index is 1.70. The van der Waals surface area contributed by atoms with E-state index in [1.165, 1.54) is 0 Å². The summed E-state index contributed by atoms with van der Waals surface area (Å²) in [5.74, 6) is -1.21. The number of hydrogen-bond donors (Lipinski definition) is 4. The van der Waals surface area contributed by atoms with Crippen molar-refractivity contribution in [2.45, 2.75) is 96.9 Å². The van der Waals surface area contributed by atoms with E-state index in [9.17, 15) is 39.5 Å². The summed E-state index contributed by atoms with van der Waals surface area (Å²) in [7, 11) is -14.2. The van der Waals surface area contributed by atoms with Gasteiger partial charge in [0.05, 0.1) is 24.9 Å². The van der Waals surface area contributed by atoms with Gasteiger partial charge in [0.1, 0.15) is 0 Å². The molecule has 0 amide bonds. The molecule has 0 saturated heterocycles. The van der Waals surface area contributed by atoms with E-state index >= 15 is 0 Å². The third-order valence-corrected chi connectivity index (χ3v) is 12.4. The van der Waals surface area contributed by atoms with Gasteiger partial charge in [0.2, 0.25) is 0 Å². The van der Waals surface area contributed by atoms with Crippen LogP contribution in [0.3, 0.4) is 0 Å². The van der Waals surface area contributed by atoms with Crippen molar-refractivity contribution < 1.29 is 56.6 Å². The summed E-state index contributed by atoms with van der Waals surface area (Å²) in [6.07, 6.45) is 1.86. The minimum atomic E-state index is -4.85. The van der Waals surface area contributed by atoms with Crippen LogP contribution in [0.15, 0.2) is 0 Å². The summed E-state index contributed by atoms with van der Waals surface area (Å²) >= 11 is 0. The Labute approximate surface area is 237 Å². The molecule has 0 spiro atoms. The van der Waals surface area contributed by atoms with Crippen LogP contribution in [0.25, 0.3) is 0 Å². The third-order valence-electron chi connectivity index (χ3n) is 11.0. The zero-order valence-electron chi connectivity index (χ0n) is 23.0. The molecule has 0 unspecified atom stereocenters. The average Bonchev–Trinajstić information content (AvgIpc) is 3.14. The molecule has 4 aliphatic carbocycles. The van der Waals surface area contributed by atoms with Crippen molar-refractivity contribution in [1.29, 1.82) is 0 Å². The lowest BCUT2D eigenvalue weighted by atomic mass is 9.43. The molecule has 4 N–H and O–H groups in total. The lowest BCUT2D eigenvalue weighted by Gasteiger charge is -2.64. The van der Waals surface area contributed by atoms with E-state index in [4.69, 9.17) is 12.9 Å². The van der Waals surface area contributed by atoms with Crippen LogP contribution < -0.4 is 0 Å². The van der Waals surface area contributed by atoms with Crippen LogP contribution in [0.1, 0.15) is 78.6 Å². The van der Waals surface area contributed by atoms with E-state index in [-0.39, 0.29) is 54.0 Å². The predicted molar refractivity (Wildman–Crippen MR) is 141 cm³/mol. The Morgan fingerprint density at radius 1 is 0.850 bits per heavy atom. The van der Waals surface area contributed by atoms with Crippen LogP contribution in [0, 0.1) is 46.3 Å². The molecule has 13 nitrogen and oxygen atoms in total. The van der Waals surface area contributed by atoms with E-state index in [1.807, 2.05) is 13.8 Å². The van der Waals surface area contributed by atoms with Crippen molar-refractivity contribution in [2.24, 2.45) is 46.3 Å². The summed E-state index contributed by atoms with van der Waals surface area (Å²) in [6, 6.07) is 0. The van der Waals surface area contributed by atoms with Gasteiger partial charge in [0.25, 0.3) is 0 Å². The smallest absolute Gasteiger partial charge is 0.393 e. The van der Waals surface area contributed by atoms with Crippen LogP contribution in [0.4, 0.5) is 0 Å². The van der Waals surface area contributed by atoms with Gasteiger partial charge < -0.3 is 5.11 Å². The van der Waals surface area contributed by atoms with Gasteiger partial charge in [-0.05, 0) is 98.7 Å². The molecule has 40 heavy (non-hydrogen) atoms. The number of fused-ring (bicyclic) bond motifs is 5. The third kappa shape index (κ3) is 6.70. The molecule has 0 heterocycles. The van der Waals surface area contributed by atoms with Crippen molar-refractivity contribution in [2.75, 3.05) is 6.61 Å². The molecule has 0 aromatic carbocycles. The second kappa shape index (κ2) is 11.2. The zero-order chi connectivity index (χ0) is 29.9. The first kappa shape index (κ1) is 32.5. The topological polar surface area (TPSA) is 211 Å². The molecule has 4 aliphatic rings. The Hall–Kier alpha value is -0.430. The van der Waals surface area contributed by atoms with Crippen molar-refractivity contribution in [3.63, 3.8) is 0 Å². The first-order valence-corrected chi connectivity index (χ1v) is 18.0. The number of aliphatic hydroxyl groups excluding tert-OH is 1. The predicted octanol–water partition coefficient (Wildman–Crippen LogP) is 2.84. The molecule has 0 aromatic heterocycles. The maximum atomic E-state index is 12.1. The highest BCUT2D eigenvalue weighted by Crippen LogP contribution is 2.69. The molecule has 4 saturated carbocycles. The normalized spacial score (nSPS) is 43.0. The Morgan fingerprint density at radius 3 is 2.10 bits per heavy atom. The van der Waals surface area contributed by atoms with Gasteiger partial charge in [-0.2, -0.15) is 25.3 Å². The molecule has 11 atom stereocenters. The maximum absolute atomic E-state index is 12.1. The van der Waals surface area contributed by atoms with Crippen molar-refractivity contribution in [1.82, 2.24) is 0 Å². The van der Waals surface area contributed by atoms with Gasteiger partial charge in [-0.15, -0.1) is 0 Å². The summed E-state index contributed by atoms with van der Waals surface area (Å²) in [6.45, 7) is 5.72. The number of aliphatic hydroxyl groups is 1. The molecule has 0 bridgehead atoms.